The monoisotopic (exact) mass is 635 g/mol. The third kappa shape index (κ3) is 6.83. The Bertz CT molecular complexity index is 1420. The van der Waals surface area contributed by atoms with Crippen molar-refractivity contribution >= 4 is 44.8 Å². The molecule has 41 heavy (non-hydrogen) atoms. The molecule has 1 heterocycles. The summed E-state index contributed by atoms with van der Waals surface area (Å²) in [6.45, 7) is 3.84. The lowest BCUT2D eigenvalue weighted by atomic mass is 10.0. The Labute approximate surface area is 244 Å². The topological polar surface area (TPSA) is 61.9 Å². The number of halogens is 5. The van der Waals surface area contributed by atoms with E-state index in [-0.39, 0.29) is 18.5 Å². The predicted molar refractivity (Wildman–Crippen MR) is 156 cm³/mol. The summed E-state index contributed by atoms with van der Waals surface area (Å²) in [6, 6.07) is 16.2. The van der Waals surface area contributed by atoms with Gasteiger partial charge in [-0.2, -0.15) is 13.2 Å². The first kappa shape index (κ1) is 30.4. The molecule has 1 aliphatic rings. The maximum atomic E-state index is 15.1. The Balaban J connectivity index is 1.70. The van der Waals surface area contributed by atoms with Crippen LogP contribution in [0.3, 0.4) is 0 Å². The van der Waals surface area contributed by atoms with E-state index in [2.05, 4.69) is 28.2 Å². The minimum Gasteiger partial charge on any atom is -0.493 e. The minimum absolute atomic E-state index is 0.174. The highest BCUT2D eigenvalue weighted by atomic mass is 79.9. The van der Waals surface area contributed by atoms with Crippen molar-refractivity contribution in [1.29, 1.82) is 0 Å². The number of hydrogen-bond acceptors (Lipinski definition) is 4. The van der Waals surface area contributed by atoms with Crippen molar-refractivity contribution in [2.24, 2.45) is 0 Å². The van der Waals surface area contributed by atoms with Gasteiger partial charge in [-0.3, -0.25) is 9.59 Å². The van der Waals surface area contributed by atoms with Crippen LogP contribution in [0, 0.1) is 5.82 Å². The zero-order valence-corrected chi connectivity index (χ0v) is 24.2. The maximum absolute atomic E-state index is 15.1. The summed E-state index contributed by atoms with van der Waals surface area (Å²) in [5, 5.41) is 4.11. The second-order valence-electron chi connectivity index (χ2n) is 9.62. The quantitative estimate of drug-likeness (QED) is 0.159. The van der Waals surface area contributed by atoms with E-state index in [0.717, 1.165) is 29.9 Å². The minimum atomic E-state index is -5.14. The fraction of sp³-hybridized carbons (Fsp3) is 0.333. The van der Waals surface area contributed by atoms with Crippen LogP contribution in [0.1, 0.15) is 37.0 Å². The van der Waals surface area contributed by atoms with Crippen molar-refractivity contribution in [3.63, 3.8) is 0 Å². The van der Waals surface area contributed by atoms with E-state index in [1.807, 2.05) is 24.3 Å². The Morgan fingerprint density at radius 1 is 1.12 bits per heavy atom. The molecule has 0 saturated heterocycles. The fourth-order valence-electron chi connectivity index (χ4n) is 4.70. The van der Waals surface area contributed by atoms with Gasteiger partial charge in [0.25, 0.3) is 5.91 Å². The summed E-state index contributed by atoms with van der Waals surface area (Å²) in [6.07, 6.45) is -3.73. The van der Waals surface area contributed by atoms with Gasteiger partial charge in [0.1, 0.15) is 11.6 Å². The van der Waals surface area contributed by atoms with Crippen LogP contribution in [-0.2, 0) is 4.79 Å². The van der Waals surface area contributed by atoms with Gasteiger partial charge in [-0.25, -0.2) is 4.39 Å². The van der Waals surface area contributed by atoms with Crippen LogP contribution in [0.15, 0.2) is 60.7 Å². The number of carbonyl (C=O) groups is 2. The SMILES string of the molecule is CCN(C(=O)C(F)(F)F)c1ccc(-c2ccc(C(=O)N3CC[C@H](C)Nc4ccccc43)cc2OCCCBr)cc1F. The van der Waals surface area contributed by atoms with Gasteiger partial charge in [0.15, 0.2) is 0 Å². The van der Waals surface area contributed by atoms with Crippen molar-refractivity contribution in [3.8, 4) is 16.9 Å². The van der Waals surface area contributed by atoms with Crippen LogP contribution in [0.25, 0.3) is 11.1 Å². The summed E-state index contributed by atoms with van der Waals surface area (Å²) >= 11 is 3.36. The summed E-state index contributed by atoms with van der Waals surface area (Å²) in [7, 11) is 0. The van der Waals surface area contributed by atoms with Crippen molar-refractivity contribution in [2.75, 3.05) is 40.1 Å². The van der Waals surface area contributed by atoms with Crippen molar-refractivity contribution in [1.82, 2.24) is 0 Å². The Hall–Kier alpha value is -3.60. The molecule has 1 N–H and O–H groups in total. The molecule has 3 aromatic rings. The molecule has 0 aliphatic carbocycles. The number of nitrogens with zero attached hydrogens (tertiary/aromatic N) is 2. The molecule has 1 atom stereocenters. The first-order chi connectivity index (χ1) is 19.5. The zero-order chi connectivity index (χ0) is 29.7. The summed E-state index contributed by atoms with van der Waals surface area (Å²) < 4.78 is 60.3. The lowest BCUT2D eigenvalue weighted by Gasteiger charge is -2.24. The van der Waals surface area contributed by atoms with E-state index in [1.54, 1.807) is 23.1 Å². The van der Waals surface area contributed by atoms with E-state index in [1.165, 1.54) is 13.0 Å². The van der Waals surface area contributed by atoms with Crippen LogP contribution in [0.5, 0.6) is 5.75 Å². The van der Waals surface area contributed by atoms with Crippen LogP contribution >= 0.6 is 15.9 Å². The average molecular weight is 636 g/mol. The second kappa shape index (κ2) is 12.9. The number of ether oxygens (including phenoxy) is 1. The lowest BCUT2D eigenvalue weighted by Crippen LogP contribution is -2.41. The third-order valence-electron chi connectivity index (χ3n) is 6.75. The van der Waals surface area contributed by atoms with Gasteiger partial charge in [-0.05, 0) is 74.7 Å². The zero-order valence-electron chi connectivity index (χ0n) is 22.6. The number of para-hydroxylation sites is 2. The normalized spacial score (nSPS) is 15.0. The molecule has 0 radical (unpaired) electrons. The predicted octanol–water partition coefficient (Wildman–Crippen LogP) is 7.42. The molecule has 11 heteroatoms. The highest BCUT2D eigenvalue weighted by Crippen LogP contribution is 2.36. The van der Waals surface area contributed by atoms with Crippen molar-refractivity contribution in [2.45, 2.75) is 38.9 Å². The number of fused-ring (bicyclic) bond motifs is 1. The van der Waals surface area contributed by atoms with Crippen LogP contribution in [-0.4, -0.2) is 49.1 Å². The number of amides is 2. The number of alkyl halides is 4. The maximum Gasteiger partial charge on any atom is 0.471 e. The Morgan fingerprint density at radius 3 is 2.56 bits per heavy atom. The lowest BCUT2D eigenvalue weighted by molar-refractivity contribution is -0.170. The second-order valence-corrected chi connectivity index (χ2v) is 10.4. The number of benzene rings is 3. The molecule has 4 rings (SSSR count). The van der Waals surface area contributed by atoms with Gasteiger partial charge in [0, 0.05) is 35.6 Å². The van der Waals surface area contributed by atoms with Gasteiger partial charge in [0.2, 0.25) is 0 Å². The van der Waals surface area contributed by atoms with E-state index in [0.29, 0.717) is 52.2 Å². The molecule has 1 aliphatic heterocycles. The molecule has 0 spiro atoms. The molecule has 0 fully saturated rings. The van der Waals surface area contributed by atoms with Gasteiger partial charge < -0.3 is 19.9 Å². The molecule has 3 aromatic carbocycles. The highest BCUT2D eigenvalue weighted by Gasteiger charge is 2.43. The molecule has 2 amide bonds. The first-order valence-corrected chi connectivity index (χ1v) is 14.4. The summed E-state index contributed by atoms with van der Waals surface area (Å²) in [5.74, 6) is -3.03. The van der Waals surface area contributed by atoms with E-state index in [4.69, 9.17) is 4.74 Å². The Morgan fingerprint density at radius 2 is 1.88 bits per heavy atom. The highest BCUT2D eigenvalue weighted by molar-refractivity contribution is 9.09. The summed E-state index contributed by atoms with van der Waals surface area (Å²) in [5.41, 5.74) is 2.30. The molecular formula is C30H30BrF4N3O3. The number of anilines is 3. The fourth-order valence-corrected chi connectivity index (χ4v) is 4.93. The standard InChI is InChI=1S/C30H30BrF4N3O3/c1-3-37(29(40)30(33,34)35)25-12-10-20(17-23(25)32)22-11-9-21(18-27(22)41-16-6-14-31)28(39)38-15-13-19(2)36-24-7-4-5-8-26(24)38/h4-5,7-12,17-19,36H,3,6,13-16H2,1-2H3/t19-/m0/s1. The largest absolute Gasteiger partial charge is 0.493 e. The molecule has 0 unspecified atom stereocenters. The smallest absolute Gasteiger partial charge is 0.471 e. The van der Waals surface area contributed by atoms with Crippen LogP contribution in [0.4, 0.5) is 34.6 Å². The van der Waals surface area contributed by atoms with Gasteiger partial charge >= 0.3 is 12.1 Å². The third-order valence-corrected chi connectivity index (χ3v) is 7.31. The molecule has 0 saturated carbocycles. The van der Waals surface area contributed by atoms with Gasteiger partial charge in [0.05, 0.1) is 23.7 Å². The molecular weight excluding hydrogens is 606 g/mol. The number of rotatable bonds is 8. The average Bonchev–Trinajstić information content (AvgIpc) is 3.11. The van der Waals surface area contributed by atoms with Crippen LogP contribution in [0.2, 0.25) is 0 Å². The summed E-state index contributed by atoms with van der Waals surface area (Å²) in [4.78, 5) is 27.6. The van der Waals surface area contributed by atoms with Crippen LogP contribution < -0.4 is 19.9 Å². The van der Waals surface area contributed by atoms with Crippen molar-refractivity contribution in [3.05, 3.63) is 72.0 Å². The number of carbonyl (C=O) groups excluding carboxylic acids is 2. The molecule has 218 valence electrons. The first-order valence-electron chi connectivity index (χ1n) is 13.2. The molecule has 0 bridgehead atoms. The Kier molecular flexibility index (Phi) is 9.57. The number of hydrogen-bond donors (Lipinski definition) is 1. The van der Waals surface area contributed by atoms with Gasteiger partial charge in [-0.1, -0.05) is 34.1 Å². The van der Waals surface area contributed by atoms with E-state index < -0.39 is 23.6 Å². The van der Waals surface area contributed by atoms with E-state index in [9.17, 15) is 22.8 Å². The van der Waals surface area contributed by atoms with E-state index >= 15 is 4.39 Å². The molecule has 6 nitrogen and oxygen atoms in total. The number of nitrogens with one attached hydrogen (secondary N) is 1. The van der Waals surface area contributed by atoms with Gasteiger partial charge in [-0.15, -0.1) is 0 Å². The van der Waals surface area contributed by atoms with Crippen molar-refractivity contribution < 1.29 is 31.9 Å². The molecule has 0 aromatic heterocycles.